The molecule has 3 aromatic rings. The highest BCUT2D eigenvalue weighted by atomic mass is 16.5. The van der Waals surface area contributed by atoms with Crippen LogP contribution in [0.25, 0.3) is 0 Å². The summed E-state index contributed by atoms with van der Waals surface area (Å²) < 4.78 is 5.59. The lowest BCUT2D eigenvalue weighted by Gasteiger charge is -2.19. The van der Waals surface area contributed by atoms with Gasteiger partial charge < -0.3 is 10.1 Å². The van der Waals surface area contributed by atoms with Gasteiger partial charge in [-0.1, -0.05) is 78.9 Å². The van der Waals surface area contributed by atoms with Crippen molar-refractivity contribution >= 4 is 5.91 Å². The maximum absolute atomic E-state index is 12.2. The summed E-state index contributed by atoms with van der Waals surface area (Å²) in [4.78, 5) is 12.2. The third kappa shape index (κ3) is 5.21. The molecule has 0 unspecified atom stereocenters. The normalized spacial score (nSPS) is 10.5. The number of carbonyl (C=O) groups excluding carboxylic acids is 1. The molecular formula is C23H23NO2. The number of rotatable bonds is 8. The number of para-hydroxylation sites is 1. The summed E-state index contributed by atoms with van der Waals surface area (Å²) in [6.07, 6.45) is 0.338. The van der Waals surface area contributed by atoms with Crippen LogP contribution in [0.5, 0.6) is 5.75 Å². The molecule has 3 nitrogen and oxygen atoms in total. The molecule has 0 saturated carbocycles. The van der Waals surface area contributed by atoms with Crippen LogP contribution in [0.1, 0.15) is 23.5 Å². The van der Waals surface area contributed by atoms with Crippen molar-refractivity contribution in [3.63, 3.8) is 0 Å². The van der Waals surface area contributed by atoms with Gasteiger partial charge in [-0.3, -0.25) is 4.79 Å². The van der Waals surface area contributed by atoms with Crippen LogP contribution in [0.3, 0.4) is 0 Å². The van der Waals surface area contributed by atoms with Gasteiger partial charge in [0.25, 0.3) is 0 Å². The third-order valence-corrected chi connectivity index (χ3v) is 4.25. The van der Waals surface area contributed by atoms with Crippen LogP contribution < -0.4 is 10.1 Å². The zero-order chi connectivity index (χ0) is 18.0. The van der Waals surface area contributed by atoms with Crippen LogP contribution in [0.4, 0.5) is 0 Å². The van der Waals surface area contributed by atoms with Gasteiger partial charge in [-0.25, -0.2) is 0 Å². The molecule has 0 heterocycles. The molecular weight excluding hydrogens is 322 g/mol. The predicted molar refractivity (Wildman–Crippen MR) is 104 cm³/mol. The third-order valence-electron chi connectivity index (χ3n) is 4.25. The maximum atomic E-state index is 12.2. The number of carbonyl (C=O) groups is 1. The van der Waals surface area contributed by atoms with Crippen LogP contribution in [-0.2, 0) is 4.79 Å². The van der Waals surface area contributed by atoms with Crippen LogP contribution in [0, 0.1) is 0 Å². The molecule has 0 aliphatic rings. The van der Waals surface area contributed by atoms with E-state index in [1.165, 1.54) is 11.1 Å². The Morgan fingerprint density at radius 2 is 1.27 bits per heavy atom. The van der Waals surface area contributed by atoms with Crippen LogP contribution in [-0.4, -0.2) is 19.1 Å². The van der Waals surface area contributed by atoms with Gasteiger partial charge in [0.2, 0.25) is 5.91 Å². The highest BCUT2D eigenvalue weighted by Crippen LogP contribution is 2.23. The van der Waals surface area contributed by atoms with Gasteiger partial charge in [-0.2, -0.15) is 0 Å². The van der Waals surface area contributed by atoms with Crippen LogP contribution in [0.2, 0.25) is 0 Å². The molecule has 0 saturated heterocycles. The minimum absolute atomic E-state index is 0.00204. The Bertz CT molecular complexity index is 749. The van der Waals surface area contributed by atoms with Crippen molar-refractivity contribution in [2.45, 2.75) is 12.3 Å². The molecule has 0 atom stereocenters. The first-order valence-corrected chi connectivity index (χ1v) is 8.87. The van der Waals surface area contributed by atoms with E-state index < -0.39 is 0 Å². The zero-order valence-corrected chi connectivity index (χ0v) is 14.7. The lowest BCUT2D eigenvalue weighted by atomic mass is 9.91. The fraction of sp³-hybridized carbons (Fsp3) is 0.174. The summed E-state index contributed by atoms with van der Waals surface area (Å²) >= 11 is 0. The zero-order valence-electron chi connectivity index (χ0n) is 14.7. The largest absolute Gasteiger partial charge is 0.493 e. The van der Waals surface area contributed by atoms with Crippen molar-refractivity contribution in [1.82, 2.24) is 5.32 Å². The number of hydrogen-bond acceptors (Lipinski definition) is 2. The second-order valence-electron chi connectivity index (χ2n) is 6.09. The van der Waals surface area contributed by atoms with Crippen molar-refractivity contribution in [3.8, 4) is 5.75 Å². The number of nitrogens with one attached hydrogen (secondary N) is 1. The molecule has 0 fully saturated rings. The average Bonchev–Trinajstić information content (AvgIpc) is 2.71. The SMILES string of the molecule is O=C(CCOc1ccccc1)NCC(c1ccccc1)c1ccccc1. The number of hydrogen-bond donors (Lipinski definition) is 1. The quantitative estimate of drug-likeness (QED) is 0.657. The van der Waals surface area contributed by atoms with Gasteiger partial charge in [0.05, 0.1) is 13.0 Å². The highest BCUT2D eigenvalue weighted by Gasteiger charge is 2.15. The first-order valence-electron chi connectivity index (χ1n) is 8.87. The van der Waals surface area contributed by atoms with E-state index in [4.69, 9.17) is 4.74 Å². The summed E-state index contributed by atoms with van der Waals surface area (Å²) in [7, 11) is 0. The van der Waals surface area contributed by atoms with Gasteiger partial charge in [0, 0.05) is 12.5 Å². The van der Waals surface area contributed by atoms with Crippen molar-refractivity contribution < 1.29 is 9.53 Å². The monoisotopic (exact) mass is 345 g/mol. The average molecular weight is 345 g/mol. The minimum atomic E-state index is -0.00204. The first-order chi connectivity index (χ1) is 12.8. The Labute approximate surface area is 154 Å². The molecule has 3 aromatic carbocycles. The molecule has 0 radical (unpaired) electrons. The van der Waals surface area contributed by atoms with Gasteiger partial charge in [0.1, 0.15) is 5.75 Å². The van der Waals surface area contributed by atoms with Crippen LogP contribution >= 0.6 is 0 Å². The van der Waals surface area contributed by atoms with Gasteiger partial charge in [0.15, 0.2) is 0 Å². The van der Waals surface area contributed by atoms with Gasteiger partial charge in [-0.05, 0) is 23.3 Å². The maximum Gasteiger partial charge on any atom is 0.223 e. The van der Waals surface area contributed by atoms with E-state index in [0.717, 1.165) is 5.75 Å². The standard InChI is InChI=1S/C23H23NO2/c25-23(16-17-26-21-14-8-3-9-15-21)24-18-22(19-10-4-1-5-11-19)20-12-6-2-7-13-20/h1-15,22H,16-18H2,(H,24,25). The van der Waals surface area contributed by atoms with Crippen molar-refractivity contribution in [1.29, 1.82) is 0 Å². The molecule has 3 heteroatoms. The summed E-state index contributed by atoms with van der Waals surface area (Å²) in [5, 5.41) is 3.05. The number of benzene rings is 3. The molecule has 0 aliphatic carbocycles. The summed E-state index contributed by atoms with van der Waals surface area (Å²) in [6.45, 7) is 0.940. The van der Waals surface area contributed by atoms with Gasteiger partial charge >= 0.3 is 0 Å². The lowest BCUT2D eigenvalue weighted by Crippen LogP contribution is -2.29. The van der Waals surface area contributed by atoms with E-state index in [-0.39, 0.29) is 11.8 Å². The smallest absolute Gasteiger partial charge is 0.223 e. The fourth-order valence-corrected chi connectivity index (χ4v) is 2.88. The van der Waals surface area contributed by atoms with E-state index in [9.17, 15) is 4.79 Å². The Morgan fingerprint density at radius 3 is 1.81 bits per heavy atom. The van der Waals surface area contributed by atoms with Gasteiger partial charge in [-0.15, -0.1) is 0 Å². The van der Waals surface area contributed by atoms with E-state index >= 15 is 0 Å². The first kappa shape index (κ1) is 17.7. The van der Waals surface area contributed by atoms with Crippen LogP contribution in [0.15, 0.2) is 91.0 Å². The van der Waals surface area contributed by atoms with E-state index in [2.05, 4.69) is 29.6 Å². The van der Waals surface area contributed by atoms with E-state index in [1.54, 1.807) is 0 Å². The second kappa shape index (κ2) is 9.42. The Morgan fingerprint density at radius 1 is 0.769 bits per heavy atom. The number of ether oxygens (including phenoxy) is 1. The molecule has 0 bridgehead atoms. The Hall–Kier alpha value is -3.07. The topological polar surface area (TPSA) is 38.3 Å². The minimum Gasteiger partial charge on any atom is -0.493 e. The molecule has 0 aromatic heterocycles. The second-order valence-corrected chi connectivity index (χ2v) is 6.09. The fourth-order valence-electron chi connectivity index (χ4n) is 2.88. The van der Waals surface area contributed by atoms with Crippen molar-refractivity contribution in [3.05, 3.63) is 102 Å². The highest BCUT2D eigenvalue weighted by molar-refractivity contribution is 5.76. The molecule has 0 aliphatic heterocycles. The molecule has 1 N–H and O–H groups in total. The lowest BCUT2D eigenvalue weighted by molar-refractivity contribution is -0.121. The molecule has 132 valence electrons. The molecule has 26 heavy (non-hydrogen) atoms. The number of amides is 1. The van der Waals surface area contributed by atoms with E-state index in [0.29, 0.717) is 19.6 Å². The Balaban J connectivity index is 1.55. The van der Waals surface area contributed by atoms with Crippen molar-refractivity contribution in [2.75, 3.05) is 13.2 Å². The molecule has 0 spiro atoms. The summed E-state index contributed by atoms with van der Waals surface area (Å²) in [6, 6.07) is 30.1. The Kier molecular flexibility index (Phi) is 6.43. The van der Waals surface area contributed by atoms with Crippen molar-refractivity contribution in [2.24, 2.45) is 0 Å². The molecule has 3 rings (SSSR count). The van der Waals surface area contributed by atoms with E-state index in [1.807, 2.05) is 66.7 Å². The summed E-state index contributed by atoms with van der Waals surface area (Å²) in [5.74, 6) is 0.918. The predicted octanol–water partition coefficient (Wildman–Crippen LogP) is 4.40. The molecule has 1 amide bonds. The summed E-state index contributed by atoms with van der Waals surface area (Å²) in [5.41, 5.74) is 2.39.